The molecule has 1 aliphatic heterocycles. The van der Waals surface area contributed by atoms with Gasteiger partial charge in [-0.15, -0.1) is 0 Å². The summed E-state index contributed by atoms with van der Waals surface area (Å²) < 4.78 is 37.0. The number of aromatic amines is 1. The molecule has 4 heterocycles. The molecule has 136 valence electrons. The molecular weight excluding hydrogens is 349 g/mol. The van der Waals surface area contributed by atoms with Crippen molar-refractivity contribution in [2.24, 2.45) is 0 Å². The maximum absolute atomic E-state index is 12.3. The van der Waals surface area contributed by atoms with E-state index in [0.717, 1.165) is 22.0 Å². The van der Waals surface area contributed by atoms with Gasteiger partial charge >= 0.3 is 6.18 Å². The van der Waals surface area contributed by atoms with Crippen LogP contribution in [0.15, 0.2) is 24.7 Å². The molecule has 2 N–H and O–H groups in total. The summed E-state index contributed by atoms with van der Waals surface area (Å²) in [5, 5.41) is 12.2. The molecule has 1 atom stereocenters. The van der Waals surface area contributed by atoms with Gasteiger partial charge < -0.3 is 10.2 Å². The van der Waals surface area contributed by atoms with Gasteiger partial charge in [-0.25, -0.2) is 9.97 Å². The van der Waals surface area contributed by atoms with Crippen molar-refractivity contribution in [2.75, 3.05) is 18.0 Å². The van der Waals surface area contributed by atoms with Crippen molar-refractivity contribution in [3.05, 3.63) is 24.7 Å². The minimum absolute atomic E-state index is 0.344. The third kappa shape index (κ3) is 3.14. The van der Waals surface area contributed by atoms with Crippen molar-refractivity contribution >= 4 is 33.5 Å². The second-order valence-corrected chi connectivity index (χ2v) is 6.28. The summed E-state index contributed by atoms with van der Waals surface area (Å²) in [6.07, 6.45) is -0.382. The topological polar surface area (TPSA) is 86.8 Å². The second-order valence-electron chi connectivity index (χ2n) is 6.28. The monoisotopic (exact) mass is 364 g/mol. The molecule has 1 unspecified atom stereocenters. The van der Waals surface area contributed by atoms with Crippen LogP contribution in [0.4, 0.5) is 19.0 Å². The highest BCUT2D eigenvalue weighted by atomic mass is 19.4. The van der Waals surface area contributed by atoms with E-state index in [9.17, 15) is 18.0 Å². The fraction of sp³-hybridized carbons (Fsp3) is 0.375. The number of pyridine rings is 1. The van der Waals surface area contributed by atoms with Gasteiger partial charge in [0.2, 0.25) is 5.91 Å². The molecule has 0 bridgehead atoms. The Morgan fingerprint density at radius 2 is 2.19 bits per heavy atom. The minimum Gasteiger partial charge on any atom is -0.354 e. The first-order valence-electron chi connectivity index (χ1n) is 8.08. The smallest absolute Gasteiger partial charge is 0.354 e. The van der Waals surface area contributed by atoms with E-state index < -0.39 is 18.5 Å². The third-order valence-electron chi connectivity index (χ3n) is 4.40. The number of nitrogens with one attached hydrogen (secondary N) is 2. The summed E-state index contributed by atoms with van der Waals surface area (Å²) in [7, 11) is 0. The van der Waals surface area contributed by atoms with Crippen LogP contribution in [-0.2, 0) is 4.79 Å². The number of anilines is 1. The van der Waals surface area contributed by atoms with Crippen LogP contribution < -0.4 is 10.2 Å². The third-order valence-corrected chi connectivity index (χ3v) is 4.40. The molecule has 7 nitrogen and oxygen atoms in total. The first kappa shape index (κ1) is 16.6. The van der Waals surface area contributed by atoms with E-state index in [4.69, 9.17) is 0 Å². The van der Waals surface area contributed by atoms with E-state index in [1.165, 1.54) is 0 Å². The standard InChI is InChI=1S/C16H15F3N6O/c17-16(18,19)5-12(26)23-10-2-4-25(8-10)15-13-9(7-22-24-15)6-21-14-11(13)1-3-20-14/h1,3,6-7,10,24H,2,4-5,8H2,(H,23,26). The number of H-pyrrole nitrogens is 1. The van der Waals surface area contributed by atoms with Gasteiger partial charge in [0.25, 0.3) is 0 Å². The zero-order valence-corrected chi connectivity index (χ0v) is 13.5. The molecule has 0 aliphatic carbocycles. The summed E-state index contributed by atoms with van der Waals surface area (Å²) in [6, 6.07) is 1.52. The maximum Gasteiger partial charge on any atom is 0.397 e. The van der Waals surface area contributed by atoms with Crippen LogP contribution in [0.25, 0.3) is 21.8 Å². The average molecular weight is 364 g/mol. The number of aromatic nitrogens is 4. The van der Waals surface area contributed by atoms with Crippen molar-refractivity contribution in [1.29, 1.82) is 0 Å². The normalized spacial score (nSPS) is 18.0. The summed E-state index contributed by atoms with van der Waals surface area (Å²) in [5.74, 6) is -0.258. The predicted octanol–water partition coefficient (Wildman–Crippen LogP) is 2.15. The summed E-state index contributed by atoms with van der Waals surface area (Å²) in [6.45, 7) is 0.991. The highest BCUT2D eigenvalue weighted by Gasteiger charge is 2.33. The lowest BCUT2D eigenvalue weighted by molar-refractivity contribution is -0.154. The molecule has 0 saturated carbocycles. The number of carbonyl (C=O) groups is 1. The Labute approximate surface area is 145 Å². The van der Waals surface area contributed by atoms with Crippen molar-refractivity contribution in [1.82, 2.24) is 25.5 Å². The summed E-state index contributed by atoms with van der Waals surface area (Å²) in [5.41, 5.74) is 0.618. The van der Waals surface area contributed by atoms with Crippen LogP contribution in [0, 0.1) is 0 Å². The van der Waals surface area contributed by atoms with Gasteiger partial charge in [-0.1, -0.05) is 0 Å². The van der Waals surface area contributed by atoms with Crippen molar-refractivity contribution in [3.8, 4) is 0 Å². The number of amides is 1. The minimum atomic E-state index is -4.50. The van der Waals surface area contributed by atoms with Gasteiger partial charge in [-0.2, -0.15) is 18.3 Å². The van der Waals surface area contributed by atoms with Crippen LogP contribution >= 0.6 is 0 Å². The van der Waals surface area contributed by atoms with Crippen LogP contribution in [-0.4, -0.2) is 51.4 Å². The first-order chi connectivity index (χ1) is 12.4. The van der Waals surface area contributed by atoms with E-state index in [1.807, 2.05) is 11.0 Å². The number of hydrogen-bond acceptors (Lipinski definition) is 5. The zero-order valence-electron chi connectivity index (χ0n) is 13.5. The molecule has 1 fully saturated rings. The van der Waals surface area contributed by atoms with Crippen LogP contribution in [0.5, 0.6) is 0 Å². The average Bonchev–Trinajstić information content (AvgIpc) is 3.21. The fourth-order valence-electron chi connectivity index (χ4n) is 3.33. The van der Waals surface area contributed by atoms with Crippen molar-refractivity contribution in [2.45, 2.75) is 25.1 Å². The molecule has 0 aromatic carbocycles. The predicted molar refractivity (Wildman–Crippen MR) is 88.6 cm³/mol. The molecule has 3 aromatic heterocycles. The first-order valence-corrected chi connectivity index (χ1v) is 8.08. The molecule has 3 aromatic rings. The quantitative estimate of drug-likeness (QED) is 0.744. The van der Waals surface area contributed by atoms with Gasteiger partial charge in [0.05, 0.1) is 6.20 Å². The second kappa shape index (κ2) is 6.11. The van der Waals surface area contributed by atoms with Gasteiger partial charge in [-0.3, -0.25) is 9.89 Å². The molecule has 0 radical (unpaired) electrons. The Morgan fingerprint density at radius 1 is 1.35 bits per heavy atom. The number of rotatable bonds is 3. The van der Waals surface area contributed by atoms with Gasteiger partial charge in [0, 0.05) is 47.7 Å². The molecule has 4 rings (SSSR count). The van der Waals surface area contributed by atoms with Crippen LogP contribution in [0.2, 0.25) is 0 Å². The Kier molecular flexibility index (Phi) is 3.89. The lowest BCUT2D eigenvalue weighted by Gasteiger charge is -2.20. The number of hydrogen-bond donors (Lipinski definition) is 2. The Hall–Kier alpha value is -2.91. The number of fused-ring (bicyclic) bond motifs is 3. The number of alkyl halides is 3. The Bertz CT molecular complexity index is 969. The van der Waals surface area contributed by atoms with E-state index in [2.05, 4.69) is 25.5 Å². The number of carbonyl (C=O) groups excluding carboxylic acids is 1. The summed E-state index contributed by atoms with van der Waals surface area (Å²) in [4.78, 5) is 22.0. The SMILES string of the molecule is O=C(CC(F)(F)F)NC1CCN(c2[nH]ncc3cnc4nccc4c23)C1. The fourth-order valence-corrected chi connectivity index (χ4v) is 3.33. The van der Waals surface area contributed by atoms with Gasteiger partial charge in [0.15, 0.2) is 5.65 Å². The van der Waals surface area contributed by atoms with E-state index in [0.29, 0.717) is 25.2 Å². The molecular formula is C16H15F3N6O. The Morgan fingerprint density at radius 3 is 3.00 bits per heavy atom. The molecule has 26 heavy (non-hydrogen) atoms. The largest absolute Gasteiger partial charge is 0.397 e. The highest BCUT2D eigenvalue weighted by molar-refractivity contribution is 6.10. The van der Waals surface area contributed by atoms with E-state index in [-0.39, 0.29) is 6.04 Å². The molecule has 1 aliphatic rings. The zero-order chi connectivity index (χ0) is 18.3. The van der Waals surface area contributed by atoms with Crippen LogP contribution in [0.3, 0.4) is 0 Å². The highest BCUT2D eigenvalue weighted by Crippen LogP contribution is 2.31. The van der Waals surface area contributed by atoms with Gasteiger partial charge in [0.1, 0.15) is 12.2 Å². The van der Waals surface area contributed by atoms with Gasteiger partial charge in [-0.05, 0) is 12.5 Å². The number of nitrogens with zero attached hydrogens (tertiary/aromatic N) is 4. The van der Waals surface area contributed by atoms with Crippen molar-refractivity contribution < 1.29 is 18.0 Å². The van der Waals surface area contributed by atoms with Crippen LogP contribution in [0.1, 0.15) is 12.8 Å². The molecule has 10 heteroatoms. The molecule has 1 saturated heterocycles. The van der Waals surface area contributed by atoms with E-state index >= 15 is 0 Å². The lowest BCUT2D eigenvalue weighted by atomic mass is 10.1. The molecule has 1 amide bonds. The number of halogens is 3. The maximum atomic E-state index is 12.3. The molecule has 0 spiro atoms. The van der Waals surface area contributed by atoms with Crippen molar-refractivity contribution in [3.63, 3.8) is 0 Å². The lowest BCUT2D eigenvalue weighted by Crippen LogP contribution is -2.39. The summed E-state index contributed by atoms with van der Waals surface area (Å²) >= 11 is 0. The van der Waals surface area contributed by atoms with E-state index in [1.54, 1.807) is 18.6 Å². The Balaban J connectivity index is 1.58.